The molecule has 1 aromatic carbocycles. The van der Waals surface area contributed by atoms with Gasteiger partial charge in [0.2, 0.25) is 0 Å². The molecule has 1 N–H and O–H groups in total. The summed E-state index contributed by atoms with van der Waals surface area (Å²) in [6.07, 6.45) is 13.0. The molecule has 6 aliphatic rings. The molecule has 1 aromatic rings. The maximum Gasteiger partial charge on any atom is 0.0765 e. The molecule has 242 valence electrons. The second kappa shape index (κ2) is 12.6. The van der Waals surface area contributed by atoms with Crippen molar-refractivity contribution in [3.8, 4) is 0 Å². The Bertz CT molecular complexity index is 1230. The summed E-state index contributed by atoms with van der Waals surface area (Å²) in [5.41, 5.74) is 6.47. The van der Waals surface area contributed by atoms with E-state index >= 15 is 0 Å². The van der Waals surface area contributed by atoms with Crippen molar-refractivity contribution in [2.24, 2.45) is 35.0 Å². The Labute approximate surface area is 266 Å². The predicted molar refractivity (Wildman–Crippen MR) is 175 cm³/mol. The first-order valence-corrected chi connectivity index (χ1v) is 17.9. The molecule has 4 fully saturated rings. The summed E-state index contributed by atoms with van der Waals surface area (Å²) in [6, 6.07) is 10.9. The minimum absolute atomic E-state index is 0.0325. The molecule has 7 rings (SSSR count). The summed E-state index contributed by atoms with van der Waals surface area (Å²) >= 11 is 0. The highest BCUT2D eigenvalue weighted by atomic mass is 16.5. The summed E-state index contributed by atoms with van der Waals surface area (Å²) in [5, 5.41) is 10.4. The van der Waals surface area contributed by atoms with Crippen LogP contribution in [0.2, 0.25) is 0 Å². The van der Waals surface area contributed by atoms with E-state index in [1.165, 1.54) is 37.7 Å². The number of allylic oxidation sites excluding steroid dienone is 2. The molecular weight excluding hydrogens is 546 g/mol. The lowest BCUT2D eigenvalue weighted by atomic mass is 9.56. The van der Waals surface area contributed by atoms with Crippen LogP contribution in [0.15, 0.2) is 53.1 Å². The van der Waals surface area contributed by atoms with Crippen LogP contribution in [-0.4, -0.2) is 66.8 Å². The van der Waals surface area contributed by atoms with Gasteiger partial charge in [0.1, 0.15) is 0 Å². The molecule has 5 nitrogen and oxygen atoms in total. The third kappa shape index (κ3) is 5.68. The summed E-state index contributed by atoms with van der Waals surface area (Å²) in [7, 11) is 0. The fraction of sp³-hybridized carbons (Fsp3) is 0.744. The van der Waals surface area contributed by atoms with Crippen LogP contribution < -0.4 is 0 Å². The smallest absolute Gasteiger partial charge is 0.0765 e. The fourth-order valence-corrected chi connectivity index (χ4v) is 11.0. The largest absolute Gasteiger partial charge is 0.393 e. The van der Waals surface area contributed by atoms with Crippen LogP contribution in [0.5, 0.6) is 0 Å². The Hall–Kier alpha value is -1.50. The Kier molecular flexibility index (Phi) is 8.91. The van der Waals surface area contributed by atoms with Gasteiger partial charge in [0.25, 0.3) is 0 Å². The molecule has 1 spiro atoms. The Morgan fingerprint density at radius 2 is 1.84 bits per heavy atom. The van der Waals surface area contributed by atoms with Gasteiger partial charge in [-0.1, -0.05) is 73.9 Å². The molecular formula is C39H57NO4. The van der Waals surface area contributed by atoms with Crippen LogP contribution in [0, 0.1) is 35.0 Å². The third-order valence-corrected chi connectivity index (χ3v) is 13.3. The topological polar surface area (TPSA) is 51.2 Å². The van der Waals surface area contributed by atoms with E-state index in [4.69, 9.17) is 14.2 Å². The number of piperidine rings is 1. The Morgan fingerprint density at radius 1 is 1.02 bits per heavy atom. The maximum atomic E-state index is 10.4. The molecule has 4 aliphatic carbocycles. The van der Waals surface area contributed by atoms with Gasteiger partial charge in [-0.15, -0.1) is 0 Å². The van der Waals surface area contributed by atoms with Crippen LogP contribution in [0.25, 0.3) is 0 Å². The van der Waals surface area contributed by atoms with Gasteiger partial charge in [0.05, 0.1) is 44.2 Å². The van der Waals surface area contributed by atoms with E-state index in [0.29, 0.717) is 49.7 Å². The second-order valence-electron chi connectivity index (χ2n) is 15.9. The van der Waals surface area contributed by atoms with E-state index in [1.807, 2.05) is 6.07 Å². The summed E-state index contributed by atoms with van der Waals surface area (Å²) < 4.78 is 19.2. The standard InChI is InChI=1S/C39H57NO4/c1-26-20-36-37(40(24-26)16-17-42-18-19-43-25-29-8-6-5-7-9-29)28(3)39(44-36)15-13-32-33-11-10-30-21-31(41)12-14-38(30,4)35(33)22-34(32)27(2)23-39/h5-10,26,28,31-33,35-37,41H,11-25H2,1-4H3/t26-,28+,31-,32-,33-,35-,36+,37-,38-,39-/m0/s1. The maximum absolute atomic E-state index is 10.4. The van der Waals surface area contributed by atoms with Gasteiger partial charge in [-0.05, 0) is 99.4 Å². The molecule has 44 heavy (non-hydrogen) atoms. The average molecular weight is 604 g/mol. The summed E-state index contributed by atoms with van der Waals surface area (Å²) in [5.74, 6) is 3.41. The van der Waals surface area contributed by atoms with E-state index < -0.39 is 0 Å². The second-order valence-corrected chi connectivity index (χ2v) is 15.9. The molecule has 0 unspecified atom stereocenters. The minimum atomic E-state index is -0.129. The molecule has 2 saturated heterocycles. The van der Waals surface area contributed by atoms with Crippen molar-refractivity contribution in [2.75, 3.05) is 32.9 Å². The first-order chi connectivity index (χ1) is 21.3. The zero-order valence-corrected chi connectivity index (χ0v) is 27.8. The molecule has 0 amide bonds. The van der Waals surface area contributed by atoms with Gasteiger partial charge in [0, 0.05) is 25.0 Å². The normalized spacial score (nSPS) is 42.0. The molecule has 0 bridgehead atoms. The van der Waals surface area contributed by atoms with E-state index in [1.54, 1.807) is 16.7 Å². The number of fused-ring (bicyclic) bond motifs is 6. The number of hydrogen-bond donors (Lipinski definition) is 1. The van der Waals surface area contributed by atoms with Crippen molar-refractivity contribution in [2.45, 2.75) is 116 Å². The van der Waals surface area contributed by atoms with Gasteiger partial charge in [0.15, 0.2) is 0 Å². The molecule has 5 heteroatoms. The quantitative estimate of drug-likeness (QED) is 0.249. The summed E-state index contributed by atoms with van der Waals surface area (Å²) in [4.78, 5) is 2.72. The van der Waals surface area contributed by atoms with Gasteiger partial charge in [-0.25, -0.2) is 0 Å². The highest BCUT2D eigenvalue weighted by Gasteiger charge is 2.59. The number of benzene rings is 1. The molecule has 0 radical (unpaired) electrons. The van der Waals surface area contributed by atoms with Gasteiger partial charge in [-0.2, -0.15) is 0 Å². The highest BCUT2D eigenvalue weighted by Crippen LogP contribution is 2.63. The average Bonchev–Trinajstić information content (AvgIpc) is 3.47. The number of aliphatic hydroxyl groups is 1. The van der Waals surface area contributed by atoms with E-state index in [-0.39, 0.29) is 17.1 Å². The minimum Gasteiger partial charge on any atom is -0.393 e. The number of rotatable bonds is 8. The Morgan fingerprint density at radius 3 is 2.68 bits per heavy atom. The van der Waals surface area contributed by atoms with E-state index in [9.17, 15) is 5.11 Å². The van der Waals surface area contributed by atoms with Crippen LogP contribution in [0.4, 0.5) is 0 Å². The molecule has 10 atom stereocenters. The third-order valence-electron chi connectivity index (χ3n) is 13.3. The fourth-order valence-electron chi connectivity index (χ4n) is 11.0. The lowest BCUT2D eigenvalue weighted by Gasteiger charge is -2.49. The van der Waals surface area contributed by atoms with Gasteiger partial charge in [-0.3, -0.25) is 4.90 Å². The summed E-state index contributed by atoms with van der Waals surface area (Å²) in [6.45, 7) is 14.7. The number of aliphatic hydroxyl groups excluding tert-OH is 1. The molecule has 2 aliphatic heterocycles. The van der Waals surface area contributed by atoms with Crippen LogP contribution in [0.3, 0.4) is 0 Å². The lowest BCUT2D eigenvalue weighted by Crippen LogP contribution is -2.52. The number of hydrogen-bond acceptors (Lipinski definition) is 5. The SMILES string of the molecule is CC1=C2C[C@H]3[C@@H](CC=C4C[C@@H](O)CC[C@@]43C)[C@@H]2CC[C@@]2(C1)O[C@@H]1C[C@H](C)CN(CCOCCOCc3ccccc3)[C@H]1[C@H]2C. The molecule has 2 saturated carbocycles. The Balaban J connectivity index is 0.981. The van der Waals surface area contributed by atoms with Crippen molar-refractivity contribution in [3.05, 3.63) is 58.7 Å². The zero-order chi connectivity index (χ0) is 30.5. The first-order valence-electron chi connectivity index (χ1n) is 17.9. The predicted octanol–water partition coefficient (Wildman–Crippen LogP) is 7.34. The van der Waals surface area contributed by atoms with Crippen LogP contribution in [-0.2, 0) is 20.8 Å². The monoisotopic (exact) mass is 603 g/mol. The number of nitrogens with zero attached hydrogens (tertiary/aromatic N) is 1. The number of likely N-dealkylation sites (tertiary alicyclic amines) is 1. The molecule has 0 aromatic heterocycles. The number of ether oxygens (including phenoxy) is 3. The molecule has 2 heterocycles. The van der Waals surface area contributed by atoms with Gasteiger partial charge >= 0.3 is 0 Å². The van der Waals surface area contributed by atoms with Crippen LogP contribution >= 0.6 is 0 Å². The van der Waals surface area contributed by atoms with Crippen molar-refractivity contribution >= 4 is 0 Å². The van der Waals surface area contributed by atoms with Crippen molar-refractivity contribution in [1.29, 1.82) is 0 Å². The van der Waals surface area contributed by atoms with Crippen molar-refractivity contribution in [1.82, 2.24) is 4.90 Å². The lowest BCUT2D eigenvalue weighted by molar-refractivity contribution is -0.0806. The van der Waals surface area contributed by atoms with Crippen LogP contribution in [0.1, 0.15) is 91.0 Å². The van der Waals surface area contributed by atoms with Crippen molar-refractivity contribution < 1.29 is 19.3 Å². The first kappa shape index (κ1) is 31.1. The van der Waals surface area contributed by atoms with E-state index in [0.717, 1.165) is 57.2 Å². The zero-order valence-electron chi connectivity index (χ0n) is 27.8. The van der Waals surface area contributed by atoms with Crippen molar-refractivity contribution in [3.63, 3.8) is 0 Å². The van der Waals surface area contributed by atoms with Gasteiger partial charge < -0.3 is 19.3 Å². The van der Waals surface area contributed by atoms with E-state index in [2.05, 4.69) is 62.9 Å². The highest BCUT2D eigenvalue weighted by molar-refractivity contribution is 5.34.